The molecule has 4 atom stereocenters. The van der Waals surface area contributed by atoms with E-state index in [4.69, 9.17) is 5.73 Å². The van der Waals surface area contributed by atoms with Gasteiger partial charge in [0.1, 0.15) is 16.9 Å². The third-order valence-corrected chi connectivity index (χ3v) is 9.22. The molecule has 0 aromatic heterocycles. The van der Waals surface area contributed by atoms with Gasteiger partial charge < -0.3 is 21.3 Å². The van der Waals surface area contributed by atoms with Gasteiger partial charge in [-0.05, 0) is 37.8 Å². The molecule has 1 aromatic rings. The monoisotopic (exact) mass is 462 g/mol. The zero-order valence-corrected chi connectivity index (χ0v) is 18.0. The maximum atomic E-state index is 12.4. The number of nitrogens with two attached hydrogens (primary N) is 1. The SMILES string of the molecule is C[C@@H]1[C@@H](O)N1S(=O)(=O)NS(=O)(=O)c1ccc(NC(=O)[C@@H](N)C2CCCCC2)cc1O. The minimum Gasteiger partial charge on any atom is -0.506 e. The molecule has 168 valence electrons. The number of hydrogen-bond donors (Lipinski definition) is 5. The Balaban J connectivity index is 1.70. The number of phenols is 1. The van der Waals surface area contributed by atoms with Gasteiger partial charge in [-0.2, -0.15) is 12.7 Å². The first-order valence-electron chi connectivity index (χ1n) is 9.58. The molecule has 11 nitrogen and oxygen atoms in total. The molecule has 6 N–H and O–H groups in total. The van der Waals surface area contributed by atoms with Gasteiger partial charge in [-0.25, -0.2) is 8.42 Å². The number of amides is 1. The molecule has 1 heterocycles. The van der Waals surface area contributed by atoms with E-state index in [9.17, 15) is 31.8 Å². The van der Waals surface area contributed by atoms with E-state index < -0.39 is 55.1 Å². The zero-order valence-electron chi connectivity index (χ0n) is 16.4. The van der Waals surface area contributed by atoms with Gasteiger partial charge in [0.15, 0.2) is 0 Å². The standard InChI is InChI=1S/C17H26N4O7S2/c1-10-17(24)21(10)30(27,28)20-29(25,26)14-8-7-12(9-13(14)22)19-16(23)15(18)11-5-3-2-4-6-11/h7-11,15,17,20,22,24H,2-6,18H2,1H3,(H,19,23)/t10-,15+,17-,21?/m1/s1. The van der Waals surface area contributed by atoms with Crippen molar-refractivity contribution in [3.8, 4) is 5.75 Å². The van der Waals surface area contributed by atoms with Crippen molar-refractivity contribution in [3.63, 3.8) is 0 Å². The number of carbonyl (C=O) groups excluding carboxylic acids is 1. The number of nitrogens with one attached hydrogen (secondary N) is 2. The van der Waals surface area contributed by atoms with Crippen LogP contribution in [-0.2, 0) is 25.0 Å². The van der Waals surface area contributed by atoms with Crippen molar-refractivity contribution in [2.45, 2.75) is 62.2 Å². The van der Waals surface area contributed by atoms with E-state index in [2.05, 4.69) is 5.32 Å². The normalized spacial score (nSPS) is 26.2. The van der Waals surface area contributed by atoms with E-state index in [1.807, 2.05) is 0 Å². The number of anilines is 1. The predicted molar refractivity (Wildman–Crippen MR) is 108 cm³/mol. The minimum absolute atomic E-state index is 0.0663. The Kier molecular flexibility index (Phi) is 6.41. The van der Waals surface area contributed by atoms with Crippen LogP contribution in [0, 0.1) is 5.92 Å². The Morgan fingerprint density at radius 1 is 1.20 bits per heavy atom. The minimum atomic E-state index is -4.66. The number of hydrogen-bond acceptors (Lipinski definition) is 8. The summed E-state index contributed by atoms with van der Waals surface area (Å²) in [7, 11) is -9.17. The molecule has 1 amide bonds. The predicted octanol–water partition coefficient (Wildman–Crippen LogP) is -0.216. The highest BCUT2D eigenvalue weighted by Gasteiger charge is 2.52. The number of aromatic hydroxyl groups is 1. The first-order valence-corrected chi connectivity index (χ1v) is 12.5. The fourth-order valence-electron chi connectivity index (χ4n) is 3.65. The van der Waals surface area contributed by atoms with E-state index in [1.54, 1.807) is 0 Å². The Morgan fingerprint density at radius 2 is 1.80 bits per heavy atom. The largest absolute Gasteiger partial charge is 0.506 e. The van der Waals surface area contributed by atoms with Gasteiger partial charge in [0, 0.05) is 11.8 Å². The molecule has 2 fully saturated rings. The van der Waals surface area contributed by atoms with Crippen molar-refractivity contribution in [1.29, 1.82) is 0 Å². The second-order valence-electron chi connectivity index (χ2n) is 7.67. The van der Waals surface area contributed by atoms with E-state index in [-0.39, 0.29) is 11.6 Å². The summed E-state index contributed by atoms with van der Waals surface area (Å²) in [5.41, 5.74) is 6.16. The summed E-state index contributed by atoms with van der Waals surface area (Å²) < 4.78 is 51.0. The third kappa shape index (κ3) is 4.76. The first kappa shape index (κ1) is 22.9. The molecule has 0 bridgehead atoms. The van der Waals surface area contributed by atoms with Gasteiger partial charge in [0.05, 0.1) is 12.1 Å². The van der Waals surface area contributed by atoms with Gasteiger partial charge in [-0.1, -0.05) is 23.4 Å². The van der Waals surface area contributed by atoms with Crippen LogP contribution in [0.25, 0.3) is 0 Å². The Labute approximate surface area is 175 Å². The van der Waals surface area contributed by atoms with Crippen molar-refractivity contribution in [1.82, 2.24) is 8.43 Å². The molecule has 13 heteroatoms. The molecule has 1 saturated heterocycles. The van der Waals surface area contributed by atoms with Gasteiger partial charge in [0.2, 0.25) is 5.91 Å². The highest BCUT2D eigenvalue weighted by atomic mass is 32.3. The van der Waals surface area contributed by atoms with Crippen LogP contribution in [0.3, 0.4) is 0 Å². The third-order valence-electron chi connectivity index (χ3n) is 5.47. The maximum absolute atomic E-state index is 12.4. The maximum Gasteiger partial charge on any atom is 0.295 e. The number of nitrogens with zero attached hydrogens (tertiary/aromatic N) is 1. The Morgan fingerprint density at radius 3 is 2.33 bits per heavy atom. The molecular weight excluding hydrogens is 436 g/mol. The number of carbonyl (C=O) groups is 1. The van der Waals surface area contributed by atoms with Crippen molar-refractivity contribution in [3.05, 3.63) is 18.2 Å². The quantitative estimate of drug-likeness (QED) is 0.345. The average Bonchev–Trinajstić information content (AvgIpc) is 3.28. The highest BCUT2D eigenvalue weighted by Crippen LogP contribution is 2.31. The van der Waals surface area contributed by atoms with Crippen LogP contribution in [0.2, 0.25) is 0 Å². The summed E-state index contributed by atoms with van der Waals surface area (Å²) in [6, 6.07) is 1.72. The summed E-state index contributed by atoms with van der Waals surface area (Å²) in [6.45, 7) is 1.41. The molecule has 30 heavy (non-hydrogen) atoms. The lowest BCUT2D eigenvalue weighted by Gasteiger charge is -2.26. The zero-order chi connectivity index (χ0) is 22.3. The van der Waals surface area contributed by atoms with Crippen LogP contribution in [0.5, 0.6) is 5.75 Å². The molecule has 1 aliphatic heterocycles. The van der Waals surface area contributed by atoms with Crippen molar-refractivity contribution >= 4 is 31.8 Å². The summed E-state index contributed by atoms with van der Waals surface area (Å²) in [6.07, 6.45) is 3.57. The molecule has 2 aliphatic rings. The van der Waals surface area contributed by atoms with Gasteiger partial charge >= 0.3 is 0 Å². The molecule has 1 saturated carbocycles. The fourth-order valence-corrected chi connectivity index (χ4v) is 7.00. The van der Waals surface area contributed by atoms with Gasteiger partial charge in [0.25, 0.3) is 20.2 Å². The summed E-state index contributed by atoms with van der Waals surface area (Å²) in [5, 5.41) is 22.1. The van der Waals surface area contributed by atoms with Crippen LogP contribution < -0.4 is 15.2 Å². The van der Waals surface area contributed by atoms with Crippen LogP contribution in [-0.4, -0.2) is 55.6 Å². The molecule has 1 unspecified atom stereocenters. The smallest absolute Gasteiger partial charge is 0.295 e. The average molecular weight is 463 g/mol. The summed E-state index contributed by atoms with van der Waals surface area (Å²) in [5.74, 6) is -1.13. The lowest BCUT2D eigenvalue weighted by atomic mass is 9.84. The fraction of sp³-hybridized carbons (Fsp3) is 0.588. The molecule has 1 aromatic carbocycles. The van der Waals surface area contributed by atoms with Crippen molar-refractivity contribution in [2.75, 3.05) is 5.32 Å². The summed E-state index contributed by atoms with van der Waals surface area (Å²) in [4.78, 5) is 11.7. The van der Waals surface area contributed by atoms with Crippen molar-refractivity contribution < 1.29 is 31.8 Å². The van der Waals surface area contributed by atoms with E-state index in [0.29, 0.717) is 4.31 Å². The molecule has 3 rings (SSSR count). The second-order valence-corrected chi connectivity index (χ2v) is 11.2. The van der Waals surface area contributed by atoms with Gasteiger partial charge in [-0.3, -0.25) is 4.79 Å². The molecule has 1 aliphatic carbocycles. The van der Waals surface area contributed by atoms with E-state index >= 15 is 0 Å². The van der Waals surface area contributed by atoms with Crippen LogP contribution >= 0.6 is 0 Å². The van der Waals surface area contributed by atoms with Crippen LogP contribution in [0.1, 0.15) is 39.0 Å². The topological polar surface area (TPSA) is 179 Å². The van der Waals surface area contributed by atoms with Crippen LogP contribution in [0.15, 0.2) is 23.1 Å². The molecule has 0 radical (unpaired) electrons. The lowest BCUT2D eigenvalue weighted by Crippen LogP contribution is -2.42. The number of sulfonamides is 1. The number of phenolic OH excluding ortho intramolecular Hbond substituents is 1. The van der Waals surface area contributed by atoms with Gasteiger partial charge in [-0.15, -0.1) is 0 Å². The lowest BCUT2D eigenvalue weighted by molar-refractivity contribution is -0.118. The Hall–Kier alpha value is -1.77. The number of rotatable bonds is 7. The van der Waals surface area contributed by atoms with E-state index in [1.165, 1.54) is 17.1 Å². The molecule has 0 spiro atoms. The van der Waals surface area contributed by atoms with E-state index in [0.717, 1.165) is 44.2 Å². The molecular formula is C17H26N4O7S2. The second kappa shape index (κ2) is 8.40. The first-order chi connectivity index (χ1) is 13.9. The summed E-state index contributed by atoms with van der Waals surface area (Å²) >= 11 is 0. The Bertz CT molecular complexity index is 1010. The number of benzene rings is 1. The van der Waals surface area contributed by atoms with Crippen molar-refractivity contribution in [2.24, 2.45) is 11.7 Å². The highest BCUT2D eigenvalue weighted by molar-refractivity contribution is 8.03. The van der Waals surface area contributed by atoms with Crippen LogP contribution in [0.4, 0.5) is 5.69 Å². The number of aliphatic hydroxyl groups excluding tert-OH is 1. The number of aliphatic hydroxyl groups is 1.